The van der Waals surface area contributed by atoms with Crippen LogP contribution in [0.1, 0.15) is 29.3 Å². The molecule has 3 aromatic rings. The molecule has 1 heterocycles. The van der Waals surface area contributed by atoms with Gasteiger partial charge in [0.05, 0.1) is 10.9 Å². The highest BCUT2D eigenvalue weighted by Gasteiger charge is 2.22. The number of rotatable bonds is 2. The number of nitrogens with zero attached hydrogens (tertiary/aromatic N) is 1. The van der Waals surface area contributed by atoms with Crippen LogP contribution in [0.2, 0.25) is 0 Å². The van der Waals surface area contributed by atoms with Gasteiger partial charge in [0.15, 0.2) is 0 Å². The molecule has 0 aliphatic heterocycles. The Bertz CT molecular complexity index is 787. The summed E-state index contributed by atoms with van der Waals surface area (Å²) < 4.78 is 0. The summed E-state index contributed by atoms with van der Waals surface area (Å²) >= 11 is 1.96. The first-order valence-corrected chi connectivity index (χ1v) is 8.37. The maximum atomic E-state index is 4.64. The molecule has 0 saturated heterocycles. The second-order valence-electron chi connectivity index (χ2n) is 5.56. The smallest absolute Gasteiger partial charge is 0.0569 e. The molecule has 1 aliphatic rings. The Morgan fingerprint density at radius 3 is 2.73 bits per heavy atom. The van der Waals surface area contributed by atoms with E-state index in [0.717, 1.165) is 0 Å². The third-order valence-corrected chi connectivity index (χ3v) is 5.41. The fourth-order valence-electron chi connectivity index (χ4n) is 3.09. The minimum Gasteiger partial charge on any atom is -0.260 e. The summed E-state index contributed by atoms with van der Waals surface area (Å²) in [5, 5.41) is 3.12. The number of hydrogen-bond acceptors (Lipinski definition) is 2. The van der Waals surface area contributed by atoms with Crippen LogP contribution in [0.3, 0.4) is 0 Å². The SMILES string of the molecule is Cl.c1cnc2c(c1)CCCC2Sc1ccc2ccccc2c1. The highest BCUT2D eigenvalue weighted by atomic mass is 35.5. The van der Waals surface area contributed by atoms with Gasteiger partial charge in [-0.25, -0.2) is 0 Å². The zero-order valence-corrected chi connectivity index (χ0v) is 13.9. The Kier molecular flexibility index (Phi) is 4.70. The van der Waals surface area contributed by atoms with Crippen molar-refractivity contribution in [1.82, 2.24) is 4.98 Å². The van der Waals surface area contributed by atoms with Crippen LogP contribution >= 0.6 is 24.2 Å². The van der Waals surface area contributed by atoms with E-state index in [1.807, 2.05) is 18.0 Å². The topological polar surface area (TPSA) is 12.9 Å². The third-order valence-electron chi connectivity index (χ3n) is 4.14. The Morgan fingerprint density at radius 2 is 1.82 bits per heavy atom. The second kappa shape index (κ2) is 6.72. The van der Waals surface area contributed by atoms with E-state index in [2.05, 4.69) is 59.6 Å². The molecule has 1 atom stereocenters. The van der Waals surface area contributed by atoms with Crippen LogP contribution < -0.4 is 0 Å². The largest absolute Gasteiger partial charge is 0.260 e. The molecule has 0 bridgehead atoms. The van der Waals surface area contributed by atoms with E-state index in [4.69, 9.17) is 0 Å². The zero-order chi connectivity index (χ0) is 14.1. The van der Waals surface area contributed by atoms with Crippen molar-refractivity contribution in [2.45, 2.75) is 29.4 Å². The summed E-state index contributed by atoms with van der Waals surface area (Å²) in [5.74, 6) is 0. The zero-order valence-electron chi connectivity index (χ0n) is 12.2. The Morgan fingerprint density at radius 1 is 0.955 bits per heavy atom. The molecule has 0 spiro atoms. The molecule has 1 nitrogen and oxygen atoms in total. The van der Waals surface area contributed by atoms with Gasteiger partial charge in [-0.3, -0.25) is 4.98 Å². The van der Waals surface area contributed by atoms with Gasteiger partial charge in [-0.05, 0) is 53.8 Å². The van der Waals surface area contributed by atoms with E-state index >= 15 is 0 Å². The van der Waals surface area contributed by atoms with Crippen LogP contribution in [0.15, 0.2) is 65.7 Å². The van der Waals surface area contributed by atoms with Gasteiger partial charge in [0, 0.05) is 11.1 Å². The predicted octanol–water partition coefficient (Wildman–Crippen LogP) is 5.83. The molecule has 1 aromatic heterocycles. The Hall–Kier alpha value is -1.51. The van der Waals surface area contributed by atoms with Crippen LogP contribution in [0, 0.1) is 0 Å². The first kappa shape index (κ1) is 15.4. The van der Waals surface area contributed by atoms with E-state index in [1.165, 1.54) is 46.2 Å². The van der Waals surface area contributed by atoms with Crippen LogP contribution in [-0.4, -0.2) is 4.98 Å². The summed E-state index contributed by atoms with van der Waals surface area (Å²) in [7, 11) is 0. The van der Waals surface area contributed by atoms with E-state index < -0.39 is 0 Å². The monoisotopic (exact) mass is 327 g/mol. The predicted molar refractivity (Wildman–Crippen MR) is 97.0 cm³/mol. The number of aryl methyl sites for hydroxylation is 1. The lowest BCUT2D eigenvalue weighted by molar-refractivity contribution is 0.656. The molecule has 1 aliphatic carbocycles. The van der Waals surface area contributed by atoms with Gasteiger partial charge in [-0.2, -0.15) is 0 Å². The first-order valence-electron chi connectivity index (χ1n) is 7.49. The summed E-state index contributed by atoms with van der Waals surface area (Å²) in [6.45, 7) is 0. The summed E-state index contributed by atoms with van der Waals surface area (Å²) in [4.78, 5) is 5.98. The number of halogens is 1. The summed E-state index contributed by atoms with van der Waals surface area (Å²) in [5.41, 5.74) is 2.73. The molecule has 0 saturated carbocycles. The number of pyridine rings is 1. The fourth-order valence-corrected chi connectivity index (χ4v) is 4.37. The Balaban J connectivity index is 0.00000144. The molecule has 2 aromatic carbocycles. The number of hydrogen-bond donors (Lipinski definition) is 0. The fraction of sp³-hybridized carbons (Fsp3) is 0.211. The standard InChI is InChI=1S/C19H17NS.ClH/c1-2-6-16-13-17(11-10-14(16)5-1)21-18-9-3-7-15-8-4-12-20-19(15)18;/h1-2,4-6,8,10-13,18H,3,7,9H2;1H. The number of thioether (sulfide) groups is 1. The van der Waals surface area contributed by atoms with Crippen molar-refractivity contribution in [3.8, 4) is 0 Å². The maximum absolute atomic E-state index is 4.64. The summed E-state index contributed by atoms with van der Waals surface area (Å²) in [6.07, 6.45) is 5.60. The van der Waals surface area contributed by atoms with Gasteiger partial charge in [0.25, 0.3) is 0 Å². The van der Waals surface area contributed by atoms with E-state index in [9.17, 15) is 0 Å². The van der Waals surface area contributed by atoms with Gasteiger partial charge in [-0.15, -0.1) is 24.2 Å². The normalized spacial score (nSPS) is 16.8. The van der Waals surface area contributed by atoms with Gasteiger partial charge < -0.3 is 0 Å². The molecule has 0 radical (unpaired) electrons. The van der Waals surface area contributed by atoms with Crippen LogP contribution in [-0.2, 0) is 6.42 Å². The molecule has 0 N–H and O–H groups in total. The van der Waals surface area contributed by atoms with Crippen LogP contribution in [0.4, 0.5) is 0 Å². The molecule has 1 unspecified atom stereocenters. The molecular formula is C19H18ClNS. The summed E-state index contributed by atoms with van der Waals surface area (Å²) in [6, 6.07) is 19.6. The Labute approximate surface area is 141 Å². The molecule has 112 valence electrons. The minimum absolute atomic E-state index is 0. The van der Waals surface area contributed by atoms with Crippen LogP contribution in [0.25, 0.3) is 10.8 Å². The van der Waals surface area contributed by atoms with Crippen molar-refractivity contribution in [3.63, 3.8) is 0 Å². The van der Waals surface area contributed by atoms with E-state index in [-0.39, 0.29) is 12.4 Å². The third kappa shape index (κ3) is 2.99. The van der Waals surface area contributed by atoms with E-state index in [0.29, 0.717) is 5.25 Å². The minimum atomic E-state index is 0. The van der Waals surface area contributed by atoms with Crippen molar-refractivity contribution in [1.29, 1.82) is 0 Å². The lowest BCUT2D eigenvalue weighted by Crippen LogP contribution is -2.08. The van der Waals surface area contributed by atoms with Crippen molar-refractivity contribution in [3.05, 3.63) is 72.1 Å². The van der Waals surface area contributed by atoms with Crippen LogP contribution in [0.5, 0.6) is 0 Å². The number of benzene rings is 2. The van der Waals surface area contributed by atoms with Gasteiger partial charge in [0.2, 0.25) is 0 Å². The quantitative estimate of drug-likeness (QED) is 0.587. The number of fused-ring (bicyclic) bond motifs is 2. The van der Waals surface area contributed by atoms with Gasteiger partial charge >= 0.3 is 0 Å². The molecule has 0 amide bonds. The molecule has 22 heavy (non-hydrogen) atoms. The molecule has 4 rings (SSSR count). The molecule has 0 fully saturated rings. The molecule has 3 heteroatoms. The van der Waals surface area contributed by atoms with E-state index in [1.54, 1.807) is 0 Å². The average molecular weight is 328 g/mol. The lowest BCUT2D eigenvalue weighted by atomic mass is 9.96. The van der Waals surface area contributed by atoms with Gasteiger partial charge in [-0.1, -0.05) is 36.4 Å². The van der Waals surface area contributed by atoms with Crippen molar-refractivity contribution in [2.75, 3.05) is 0 Å². The average Bonchev–Trinajstić information content (AvgIpc) is 2.55. The number of aromatic nitrogens is 1. The lowest BCUT2D eigenvalue weighted by Gasteiger charge is -2.23. The second-order valence-corrected chi connectivity index (χ2v) is 6.83. The van der Waals surface area contributed by atoms with Crippen molar-refractivity contribution >= 4 is 34.9 Å². The van der Waals surface area contributed by atoms with Crippen molar-refractivity contribution < 1.29 is 0 Å². The molecular weight excluding hydrogens is 310 g/mol. The van der Waals surface area contributed by atoms with Crippen molar-refractivity contribution in [2.24, 2.45) is 0 Å². The highest BCUT2D eigenvalue weighted by Crippen LogP contribution is 2.42. The maximum Gasteiger partial charge on any atom is 0.0569 e. The first-order chi connectivity index (χ1) is 10.4. The van der Waals surface area contributed by atoms with Gasteiger partial charge in [0.1, 0.15) is 0 Å². The highest BCUT2D eigenvalue weighted by molar-refractivity contribution is 7.99.